The Morgan fingerprint density at radius 2 is 2.25 bits per heavy atom. The zero-order valence-corrected chi connectivity index (χ0v) is 14.0. The first kappa shape index (κ1) is 18.3. The Morgan fingerprint density at radius 3 is 2.79 bits per heavy atom. The highest BCUT2D eigenvalue weighted by atomic mass is 32.2. The van der Waals surface area contributed by atoms with Gasteiger partial charge in [-0.15, -0.1) is 11.3 Å². The molecular formula is C15H11F3N2O2S2. The highest BCUT2D eigenvalue weighted by Crippen LogP contribution is 2.38. The highest BCUT2D eigenvalue weighted by molar-refractivity contribution is 7.99. The molecule has 0 fully saturated rings. The predicted octanol–water partition coefficient (Wildman–Crippen LogP) is 4.36. The summed E-state index contributed by atoms with van der Waals surface area (Å²) in [4.78, 5) is 16.1. The SMILES string of the molecule is CCOC(=O)CSc1nc(-c2cccs2)cc(C(F)(F)F)c1C#N. The van der Waals surface area contributed by atoms with Crippen LogP contribution in [0.25, 0.3) is 10.6 Å². The number of rotatable bonds is 5. The summed E-state index contributed by atoms with van der Waals surface area (Å²) >= 11 is 1.99. The Morgan fingerprint density at radius 1 is 1.50 bits per heavy atom. The molecule has 24 heavy (non-hydrogen) atoms. The number of pyridine rings is 1. The van der Waals surface area contributed by atoms with Gasteiger partial charge >= 0.3 is 12.1 Å². The van der Waals surface area contributed by atoms with Gasteiger partial charge < -0.3 is 4.74 Å². The van der Waals surface area contributed by atoms with Crippen molar-refractivity contribution >= 4 is 29.1 Å². The first-order valence-corrected chi connectivity index (χ1v) is 8.58. The van der Waals surface area contributed by atoms with E-state index in [1.165, 1.54) is 11.3 Å². The lowest BCUT2D eigenvalue weighted by atomic mass is 10.1. The minimum atomic E-state index is -4.70. The summed E-state index contributed by atoms with van der Waals surface area (Å²) < 4.78 is 44.6. The number of nitriles is 1. The fourth-order valence-corrected chi connectivity index (χ4v) is 3.33. The number of halogens is 3. The van der Waals surface area contributed by atoms with E-state index in [0.717, 1.165) is 17.8 Å². The minimum absolute atomic E-state index is 0.114. The fourth-order valence-electron chi connectivity index (χ4n) is 1.84. The number of aromatic nitrogens is 1. The quantitative estimate of drug-likeness (QED) is 0.577. The summed E-state index contributed by atoms with van der Waals surface area (Å²) in [6, 6.07) is 5.74. The van der Waals surface area contributed by atoms with E-state index in [2.05, 4.69) is 4.98 Å². The van der Waals surface area contributed by atoms with Crippen molar-refractivity contribution in [2.75, 3.05) is 12.4 Å². The normalized spacial score (nSPS) is 11.1. The number of nitrogens with zero attached hydrogens (tertiary/aromatic N) is 2. The molecule has 2 heterocycles. The van der Waals surface area contributed by atoms with E-state index in [1.807, 2.05) is 0 Å². The standard InChI is InChI=1S/C15H11F3N2O2S2/c1-2-22-13(21)8-24-14-9(7-19)10(15(16,17)18)6-11(20-14)12-4-3-5-23-12/h3-6H,2,8H2,1H3. The molecular weight excluding hydrogens is 361 g/mol. The molecule has 2 aromatic rings. The van der Waals surface area contributed by atoms with Crippen LogP contribution in [0, 0.1) is 11.3 Å². The Balaban J connectivity index is 2.49. The van der Waals surface area contributed by atoms with Crippen molar-refractivity contribution in [3.05, 3.63) is 34.7 Å². The van der Waals surface area contributed by atoms with Crippen LogP contribution in [0.5, 0.6) is 0 Å². The molecule has 0 unspecified atom stereocenters. The van der Waals surface area contributed by atoms with E-state index in [1.54, 1.807) is 30.5 Å². The van der Waals surface area contributed by atoms with Gasteiger partial charge in [-0.3, -0.25) is 4.79 Å². The lowest BCUT2D eigenvalue weighted by molar-refractivity contribution is -0.140. The smallest absolute Gasteiger partial charge is 0.417 e. The third-order valence-electron chi connectivity index (χ3n) is 2.81. The fraction of sp³-hybridized carbons (Fsp3) is 0.267. The van der Waals surface area contributed by atoms with Crippen LogP contribution in [-0.2, 0) is 15.7 Å². The summed E-state index contributed by atoms with van der Waals surface area (Å²) in [7, 11) is 0. The number of ether oxygens (including phenoxy) is 1. The summed E-state index contributed by atoms with van der Waals surface area (Å²) in [5, 5.41) is 10.7. The van der Waals surface area contributed by atoms with Crippen LogP contribution in [0.2, 0.25) is 0 Å². The van der Waals surface area contributed by atoms with E-state index in [4.69, 9.17) is 10.00 Å². The average molecular weight is 372 g/mol. The zero-order valence-electron chi connectivity index (χ0n) is 12.4. The molecule has 4 nitrogen and oxygen atoms in total. The number of carbonyl (C=O) groups is 1. The van der Waals surface area contributed by atoms with Crippen LogP contribution in [0.4, 0.5) is 13.2 Å². The number of thioether (sulfide) groups is 1. The molecule has 126 valence electrons. The molecule has 0 atom stereocenters. The molecule has 0 aliphatic carbocycles. The molecule has 2 aromatic heterocycles. The largest absolute Gasteiger partial charge is 0.465 e. The van der Waals surface area contributed by atoms with E-state index in [-0.39, 0.29) is 23.1 Å². The Labute approximate surface area is 144 Å². The molecule has 0 saturated heterocycles. The second-order valence-corrected chi connectivity index (χ2v) is 6.33. The van der Waals surface area contributed by atoms with Crippen LogP contribution in [0.15, 0.2) is 28.6 Å². The van der Waals surface area contributed by atoms with Crippen molar-refractivity contribution in [1.82, 2.24) is 4.98 Å². The number of alkyl halides is 3. The monoisotopic (exact) mass is 372 g/mol. The van der Waals surface area contributed by atoms with Crippen molar-refractivity contribution < 1.29 is 22.7 Å². The van der Waals surface area contributed by atoms with Crippen molar-refractivity contribution in [1.29, 1.82) is 5.26 Å². The van der Waals surface area contributed by atoms with Gasteiger partial charge in [0.05, 0.1) is 34.1 Å². The second kappa shape index (κ2) is 7.68. The van der Waals surface area contributed by atoms with Crippen LogP contribution >= 0.6 is 23.1 Å². The Kier molecular flexibility index (Phi) is 5.85. The maximum absolute atomic E-state index is 13.3. The molecule has 0 amide bonds. The molecule has 2 rings (SSSR count). The topological polar surface area (TPSA) is 63.0 Å². The van der Waals surface area contributed by atoms with Crippen LogP contribution in [0.3, 0.4) is 0 Å². The van der Waals surface area contributed by atoms with Crippen molar-refractivity contribution in [3.63, 3.8) is 0 Å². The van der Waals surface area contributed by atoms with Gasteiger partial charge in [-0.05, 0) is 24.4 Å². The van der Waals surface area contributed by atoms with Crippen molar-refractivity contribution in [2.24, 2.45) is 0 Å². The Hall–Kier alpha value is -2.05. The third kappa shape index (κ3) is 4.27. The lowest BCUT2D eigenvalue weighted by Crippen LogP contribution is -2.12. The number of esters is 1. The maximum Gasteiger partial charge on any atom is 0.417 e. The summed E-state index contributed by atoms with van der Waals surface area (Å²) in [5.74, 6) is -0.802. The predicted molar refractivity (Wildman–Crippen MR) is 84.6 cm³/mol. The third-order valence-corrected chi connectivity index (χ3v) is 4.65. The molecule has 0 saturated carbocycles. The van der Waals surface area contributed by atoms with Gasteiger partial charge in [-0.2, -0.15) is 18.4 Å². The van der Waals surface area contributed by atoms with Crippen LogP contribution in [0.1, 0.15) is 18.1 Å². The number of carbonyl (C=O) groups excluding carboxylic acids is 1. The van der Waals surface area contributed by atoms with Gasteiger partial charge in [-0.25, -0.2) is 4.98 Å². The van der Waals surface area contributed by atoms with Gasteiger partial charge in [0.1, 0.15) is 11.1 Å². The molecule has 0 spiro atoms. The van der Waals surface area contributed by atoms with Gasteiger partial charge in [0.2, 0.25) is 0 Å². The first-order valence-electron chi connectivity index (χ1n) is 6.71. The molecule has 0 radical (unpaired) electrons. The van der Waals surface area contributed by atoms with E-state index in [0.29, 0.717) is 4.88 Å². The molecule has 0 aromatic carbocycles. The van der Waals surface area contributed by atoms with E-state index >= 15 is 0 Å². The van der Waals surface area contributed by atoms with Crippen molar-refractivity contribution in [3.8, 4) is 16.6 Å². The van der Waals surface area contributed by atoms with E-state index < -0.39 is 23.3 Å². The minimum Gasteiger partial charge on any atom is -0.465 e. The number of hydrogen-bond acceptors (Lipinski definition) is 6. The van der Waals surface area contributed by atoms with E-state index in [9.17, 15) is 18.0 Å². The highest BCUT2D eigenvalue weighted by Gasteiger charge is 2.36. The van der Waals surface area contributed by atoms with Crippen molar-refractivity contribution in [2.45, 2.75) is 18.1 Å². The molecule has 0 aliphatic heterocycles. The molecule has 9 heteroatoms. The van der Waals surface area contributed by atoms with Crippen LogP contribution in [-0.4, -0.2) is 23.3 Å². The number of hydrogen-bond donors (Lipinski definition) is 0. The van der Waals surface area contributed by atoms with Gasteiger partial charge in [0, 0.05) is 0 Å². The molecule has 0 aliphatic rings. The molecule has 0 N–H and O–H groups in total. The summed E-state index contributed by atoms with van der Waals surface area (Å²) in [5.41, 5.74) is -1.53. The van der Waals surface area contributed by atoms with Gasteiger partial charge in [0.15, 0.2) is 0 Å². The van der Waals surface area contributed by atoms with Gasteiger partial charge in [-0.1, -0.05) is 17.8 Å². The van der Waals surface area contributed by atoms with Gasteiger partial charge in [0.25, 0.3) is 0 Å². The number of thiophene rings is 1. The van der Waals surface area contributed by atoms with Crippen LogP contribution < -0.4 is 0 Å². The first-order chi connectivity index (χ1) is 11.4. The maximum atomic E-state index is 13.3. The summed E-state index contributed by atoms with van der Waals surface area (Å²) in [6.07, 6.45) is -4.70. The zero-order chi connectivity index (χ0) is 17.7. The lowest BCUT2D eigenvalue weighted by Gasteiger charge is -2.13. The second-order valence-electron chi connectivity index (χ2n) is 4.42. The summed E-state index contributed by atoms with van der Waals surface area (Å²) in [6.45, 7) is 1.79. The Bertz CT molecular complexity index is 768. The average Bonchev–Trinajstić information content (AvgIpc) is 3.05. The molecule has 0 bridgehead atoms.